The molecule has 0 aromatic heterocycles. The number of carboxylic acid groups (broad SMARTS) is 1. The van der Waals surface area contributed by atoms with Gasteiger partial charge in [0.15, 0.2) is 0 Å². The highest BCUT2D eigenvalue weighted by molar-refractivity contribution is 5.99. The molecule has 0 aliphatic carbocycles. The molecule has 0 radical (unpaired) electrons. The number of fused-ring (bicyclic) bond motifs is 1. The predicted molar refractivity (Wildman–Crippen MR) is 81.4 cm³/mol. The van der Waals surface area contributed by atoms with Crippen LogP contribution in [-0.2, 0) is 9.59 Å². The largest absolute Gasteiger partial charge is 0.488 e. The van der Waals surface area contributed by atoms with E-state index in [2.05, 4.69) is 0 Å². The van der Waals surface area contributed by atoms with Gasteiger partial charge >= 0.3 is 5.97 Å². The fourth-order valence-electron chi connectivity index (χ4n) is 3.14. The van der Waals surface area contributed by atoms with Gasteiger partial charge in [0, 0.05) is 18.7 Å². The van der Waals surface area contributed by atoms with Crippen molar-refractivity contribution in [2.24, 2.45) is 11.8 Å². The summed E-state index contributed by atoms with van der Waals surface area (Å²) >= 11 is 0. The molecule has 2 unspecified atom stereocenters. The molecule has 1 saturated heterocycles. The normalized spacial score (nSPS) is 24.0. The average molecular weight is 301 g/mol. The van der Waals surface area contributed by atoms with Crippen LogP contribution in [0.1, 0.15) is 18.9 Å². The van der Waals surface area contributed by atoms with Crippen LogP contribution in [0.2, 0.25) is 0 Å². The molecule has 5 nitrogen and oxygen atoms in total. The topological polar surface area (TPSA) is 66.8 Å². The Labute approximate surface area is 129 Å². The maximum Gasteiger partial charge on any atom is 0.308 e. The van der Waals surface area contributed by atoms with Crippen molar-refractivity contribution < 1.29 is 19.4 Å². The smallest absolute Gasteiger partial charge is 0.308 e. The number of carbonyl (C=O) groups excluding carboxylic acids is 1. The van der Waals surface area contributed by atoms with E-state index in [1.807, 2.05) is 37.3 Å². The summed E-state index contributed by atoms with van der Waals surface area (Å²) in [6.45, 7) is 3.09. The highest BCUT2D eigenvalue weighted by Crippen LogP contribution is 2.28. The van der Waals surface area contributed by atoms with Crippen LogP contribution in [0, 0.1) is 11.8 Å². The van der Waals surface area contributed by atoms with E-state index in [9.17, 15) is 14.7 Å². The molecule has 3 rings (SSSR count). The van der Waals surface area contributed by atoms with Crippen molar-refractivity contribution in [3.8, 4) is 5.75 Å². The second-order valence-corrected chi connectivity index (χ2v) is 6.08. The summed E-state index contributed by atoms with van der Waals surface area (Å²) in [6.07, 6.45) is 2.47. The van der Waals surface area contributed by atoms with Crippen molar-refractivity contribution in [1.82, 2.24) is 4.90 Å². The molecular weight excluding hydrogens is 282 g/mol. The Morgan fingerprint density at radius 3 is 2.82 bits per heavy atom. The number of aliphatic carboxylic acids is 1. The molecule has 2 heterocycles. The second kappa shape index (κ2) is 5.83. The Morgan fingerprint density at radius 2 is 2.05 bits per heavy atom. The van der Waals surface area contributed by atoms with Crippen molar-refractivity contribution in [3.05, 3.63) is 35.4 Å². The molecule has 1 N–H and O–H groups in total. The highest BCUT2D eigenvalue weighted by Gasteiger charge is 2.33. The van der Waals surface area contributed by atoms with E-state index in [0.29, 0.717) is 18.5 Å². The quantitative estimate of drug-likeness (QED) is 0.907. The summed E-state index contributed by atoms with van der Waals surface area (Å²) in [5, 5.41) is 9.22. The number of para-hydroxylation sites is 1. The molecule has 2 aliphatic rings. The van der Waals surface area contributed by atoms with Crippen molar-refractivity contribution in [1.29, 1.82) is 0 Å². The van der Waals surface area contributed by atoms with Crippen LogP contribution in [0.25, 0.3) is 6.08 Å². The molecule has 0 saturated carbocycles. The van der Waals surface area contributed by atoms with Crippen LogP contribution >= 0.6 is 0 Å². The molecule has 1 aromatic rings. The van der Waals surface area contributed by atoms with E-state index in [1.54, 1.807) is 4.90 Å². The molecule has 1 fully saturated rings. The molecule has 0 spiro atoms. The van der Waals surface area contributed by atoms with E-state index < -0.39 is 11.9 Å². The monoisotopic (exact) mass is 301 g/mol. The first-order chi connectivity index (χ1) is 10.5. The number of likely N-dealkylation sites (tertiary alicyclic amines) is 1. The van der Waals surface area contributed by atoms with Gasteiger partial charge in [0.25, 0.3) is 5.91 Å². The Kier molecular flexibility index (Phi) is 3.88. The van der Waals surface area contributed by atoms with Gasteiger partial charge in [-0.1, -0.05) is 25.1 Å². The van der Waals surface area contributed by atoms with Crippen molar-refractivity contribution in [3.63, 3.8) is 0 Å². The van der Waals surface area contributed by atoms with Crippen LogP contribution in [0.4, 0.5) is 0 Å². The SMILES string of the molecule is CC1CC(C(=O)O)CN(C(=O)C2=Cc3ccccc3OC2)C1. The number of benzene rings is 1. The molecule has 0 bridgehead atoms. The zero-order chi connectivity index (χ0) is 15.7. The van der Waals surface area contributed by atoms with Crippen LogP contribution in [0.15, 0.2) is 29.8 Å². The number of piperidine rings is 1. The summed E-state index contributed by atoms with van der Waals surface area (Å²) in [4.78, 5) is 25.5. The molecule has 2 aliphatic heterocycles. The number of nitrogens with zero attached hydrogens (tertiary/aromatic N) is 1. The fraction of sp³-hybridized carbons (Fsp3) is 0.412. The third kappa shape index (κ3) is 2.84. The zero-order valence-electron chi connectivity index (χ0n) is 12.5. The Bertz CT molecular complexity index is 637. The van der Waals surface area contributed by atoms with Gasteiger partial charge in [0.2, 0.25) is 0 Å². The first kappa shape index (κ1) is 14.6. The van der Waals surface area contributed by atoms with E-state index in [4.69, 9.17) is 4.74 Å². The Morgan fingerprint density at radius 1 is 1.27 bits per heavy atom. The number of rotatable bonds is 2. The predicted octanol–water partition coefficient (Wildman–Crippen LogP) is 2.03. The Balaban J connectivity index is 1.79. The first-order valence-electron chi connectivity index (χ1n) is 7.49. The van der Waals surface area contributed by atoms with Gasteiger partial charge in [-0.2, -0.15) is 0 Å². The van der Waals surface area contributed by atoms with Gasteiger partial charge in [-0.05, 0) is 24.5 Å². The molecule has 5 heteroatoms. The summed E-state index contributed by atoms with van der Waals surface area (Å²) in [6, 6.07) is 7.57. The standard InChI is InChI=1S/C17H19NO4/c1-11-6-13(17(20)21)9-18(8-11)16(19)14-7-12-4-2-3-5-15(12)22-10-14/h2-5,7,11,13H,6,8-10H2,1H3,(H,20,21). The van der Waals surface area contributed by atoms with Crippen molar-refractivity contribution in [2.75, 3.05) is 19.7 Å². The van der Waals surface area contributed by atoms with Crippen molar-refractivity contribution >= 4 is 18.0 Å². The van der Waals surface area contributed by atoms with Crippen LogP contribution < -0.4 is 4.74 Å². The minimum atomic E-state index is -0.830. The maximum atomic E-state index is 12.7. The zero-order valence-corrected chi connectivity index (χ0v) is 12.5. The summed E-state index contributed by atoms with van der Waals surface area (Å²) < 4.78 is 5.62. The Hall–Kier alpha value is -2.30. The molecule has 116 valence electrons. The van der Waals surface area contributed by atoms with E-state index in [-0.39, 0.29) is 25.0 Å². The third-order valence-electron chi connectivity index (χ3n) is 4.20. The lowest BCUT2D eigenvalue weighted by Crippen LogP contribution is -2.46. The minimum absolute atomic E-state index is 0.118. The number of hydrogen-bond acceptors (Lipinski definition) is 3. The number of ether oxygens (including phenoxy) is 1. The summed E-state index contributed by atoms with van der Waals surface area (Å²) in [7, 11) is 0. The highest BCUT2D eigenvalue weighted by atomic mass is 16.5. The van der Waals surface area contributed by atoms with Crippen molar-refractivity contribution in [2.45, 2.75) is 13.3 Å². The molecule has 22 heavy (non-hydrogen) atoms. The van der Waals surface area contributed by atoms with E-state index in [1.165, 1.54) is 0 Å². The van der Waals surface area contributed by atoms with Gasteiger partial charge in [-0.15, -0.1) is 0 Å². The van der Waals surface area contributed by atoms with E-state index in [0.717, 1.165) is 11.3 Å². The van der Waals surface area contributed by atoms with Crippen LogP contribution in [0.5, 0.6) is 5.75 Å². The molecule has 1 aromatic carbocycles. The van der Waals surface area contributed by atoms with Gasteiger partial charge in [0.1, 0.15) is 12.4 Å². The van der Waals surface area contributed by atoms with Gasteiger partial charge < -0.3 is 14.7 Å². The summed E-state index contributed by atoms with van der Waals surface area (Å²) in [5.74, 6) is -0.466. The molecule has 1 amide bonds. The van der Waals surface area contributed by atoms with Crippen LogP contribution in [-0.4, -0.2) is 41.6 Å². The second-order valence-electron chi connectivity index (χ2n) is 6.08. The number of carboxylic acids is 1. The van der Waals surface area contributed by atoms with Gasteiger partial charge in [-0.3, -0.25) is 9.59 Å². The number of carbonyl (C=O) groups is 2. The number of amides is 1. The minimum Gasteiger partial charge on any atom is -0.488 e. The fourth-order valence-corrected chi connectivity index (χ4v) is 3.14. The van der Waals surface area contributed by atoms with Crippen LogP contribution in [0.3, 0.4) is 0 Å². The first-order valence-corrected chi connectivity index (χ1v) is 7.49. The lowest BCUT2D eigenvalue weighted by molar-refractivity contribution is -0.146. The average Bonchev–Trinajstić information content (AvgIpc) is 2.53. The molecule has 2 atom stereocenters. The lowest BCUT2D eigenvalue weighted by Gasteiger charge is -2.35. The van der Waals surface area contributed by atoms with Gasteiger partial charge in [0.05, 0.1) is 11.5 Å². The lowest BCUT2D eigenvalue weighted by atomic mass is 9.90. The third-order valence-corrected chi connectivity index (χ3v) is 4.20. The maximum absolute atomic E-state index is 12.7. The summed E-state index contributed by atoms with van der Waals surface area (Å²) in [5.41, 5.74) is 1.47. The van der Waals surface area contributed by atoms with Gasteiger partial charge in [-0.25, -0.2) is 0 Å². The number of hydrogen-bond donors (Lipinski definition) is 1. The molecular formula is C17H19NO4. The van der Waals surface area contributed by atoms with E-state index >= 15 is 0 Å².